The topological polar surface area (TPSA) is 23.5 Å². The van der Waals surface area contributed by atoms with Crippen LogP contribution in [0.1, 0.15) is 26.7 Å². The predicted molar refractivity (Wildman–Crippen MR) is 56.8 cm³/mol. The van der Waals surface area contributed by atoms with Crippen molar-refractivity contribution < 1.29 is 5.11 Å². The summed E-state index contributed by atoms with van der Waals surface area (Å²) in [5.74, 6) is 1.18. The summed E-state index contributed by atoms with van der Waals surface area (Å²) < 4.78 is 0. The Kier molecular flexibility index (Phi) is 4.27. The van der Waals surface area contributed by atoms with Gasteiger partial charge in [-0.25, -0.2) is 0 Å². The maximum atomic E-state index is 9.91. The average Bonchev–Trinajstić information content (AvgIpc) is 2.16. The second-order valence-electron chi connectivity index (χ2n) is 4.16. The fraction of sp³-hybridized carbons (Fsp3) is 1.00. The fourth-order valence-electron chi connectivity index (χ4n) is 2.18. The van der Waals surface area contributed by atoms with Gasteiger partial charge in [0, 0.05) is 6.54 Å². The van der Waals surface area contributed by atoms with Gasteiger partial charge in [0.25, 0.3) is 0 Å². The Hall–Kier alpha value is -0.0151. The van der Waals surface area contributed by atoms with Crippen molar-refractivity contribution in [3.05, 3.63) is 0 Å². The smallest absolute Gasteiger partial charge is 0.205 e. The lowest BCUT2D eigenvalue weighted by Crippen LogP contribution is -2.46. The fourth-order valence-corrected chi connectivity index (χ4v) is 2.18. The van der Waals surface area contributed by atoms with Gasteiger partial charge in [-0.15, -0.1) is 0 Å². The van der Waals surface area contributed by atoms with Gasteiger partial charge >= 0.3 is 0 Å². The highest BCUT2D eigenvalue weighted by molar-refractivity contribution is 6.29. The lowest BCUT2D eigenvalue weighted by atomic mass is 9.79. The molecule has 75 valence electrons. The lowest BCUT2D eigenvalue weighted by Gasteiger charge is -2.38. The molecule has 1 aliphatic heterocycles. The largest absolute Gasteiger partial charge is 0.392 e. The SMILES string of the molecule is C[B]N1CCC(C(C)CC)C(O)C1. The Morgan fingerprint density at radius 2 is 2.31 bits per heavy atom. The van der Waals surface area contributed by atoms with E-state index in [1.54, 1.807) is 0 Å². The molecule has 3 heteroatoms. The quantitative estimate of drug-likeness (QED) is 0.666. The van der Waals surface area contributed by atoms with Crippen molar-refractivity contribution >= 4 is 7.41 Å². The van der Waals surface area contributed by atoms with Gasteiger partial charge in [-0.3, -0.25) is 0 Å². The summed E-state index contributed by atoms with van der Waals surface area (Å²) in [6.45, 7) is 8.43. The van der Waals surface area contributed by atoms with E-state index in [0.29, 0.717) is 11.8 Å². The minimum Gasteiger partial charge on any atom is -0.392 e. The molecule has 0 aliphatic carbocycles. The molecule has 1 fully saturated rings. The molecule has 0 aromatic rings. The van der Waals surface area contributed by atoms with E-state index in [0.717, 1.165) is 19.5 Å². The molecule has 0 aromatic heterocycles. The van der Waals surface area contributed by atoms with Crippen molar-refractivity contribution in [1.29, 1.82) is 0 Å². The molecule has 0 bridgehead atoms. The van der Waals surface area contributed by atoms with Crippen LogP contribution in [-0.4, -0.2) is 36.5 Å². The van der Waals surface area contributed by atoms with Crippen LogP contribution in [-0.2, 0) is 0 Å². The number of piperidine rings is 1. The molecule has 1 radical (unpaired) electrons. The van der Waals surface area contributed by atoms with Gasteiger partial charge in [-0.2, -0.15) is 0 Å². The third kappa shape index (κ3) is 2.71. The van der Waals surface area contributed by atoms with Crippen molar-refractivity contribution in [2.24, 2.45) is 11.8 Å². The van der Waals surface area contributed by atoms with E-state index >= 15 is 0 Å². The minimum atomic E-state index is -0.125. The van der Waals surface area contributed by atoms with Crippen molar-refractivity contribution in [3.8, 4) is 0 Å². The third-order valence-corrected chi connectivity index (χ3v) is 3.41. The molecular weight excluding hydrogens is 161 g/mol. The second kappa shape index (κ2) is 5.01. The number of rotatable bonds is 3. The van der Waals surface area contributed by atoms with Crippen molar-refractivity contribution in [3.63, 3.8) is 0 Å². The molecule has 3 unspecified atom stereocenters. The van der Waals surface area contributed by atoms with Crippen LogP contribution in [0.4, 0.5) is 0 Å². The molecule has 13 heavy (non-hydrogen) atoms. The number of nitrogens with zero attached hydrogens (tertiary/aromatic N) is 1. The first-order valence-electron chi connectivity index (χ1n) is 5.40. The summed E-state index contributed by atoms with van der Waals surface area (Å²) in [6, 6.07) is 0. The molecule has 0 amide bonds. The Labute approximate surface area is 82.6 Å². The summed E-state index contributed by atoms with van der Waals surface area (Å²) >= 11 is 0. The first-order valence-corrected chi connectivity index (χ1v) is 5.40. The molecule has 2 nitrogen and oxygen atoms in total. The number of aliphatic hydroxyl groups excluding tert-OH is 1. The molecule has 1 aliphatic rings. The first-order chi connectivity index (χ1) is 6.19. The molecule has 0 spiro atoms. The van der Waals surface area contributed by atoms with Crippen molar-refractivity contribution in [2.75, 3.05) is 13.1 Å². The average molecular weight is 182 g/mol. The van der Waals surface area contributed by atoms with Crippen molar-refractivity contribution in [1.82, 2.24) is 4.81 Å². The van der Waals surface area contributed by atoms with Gasteiger partial charge in [0.1, 0.15) is 0 Å². The summed E-state index contributed by atoms with van der Waals surface area (Å²) in [6.07, 6.45) is 2.19. The van der Waals surface area contributed by atoms with Crippen LogP contribution in [0.2, 0.25) is 6.82 Å². The van der Waals surface area contributed by atoms with Crippen LogP contribution < -0.4 is 0 Å². The van der Waals surface area contributed by atoms with Crippen LogP contribution in [0.15, 0.2) is 0 Å². The molecule has 1 saturated heterocycles. The van der Waals surface area contributed by atoms with Crippen molar-refractivity contribution in [2.45, 2.75) is 39.6 Å². The number of hydrogen-bond donors (Lipinski definition) is 1. The van der Waals surface area contributed by atoms with Crippen LogP contribution in [0, 0.1) is 11.8 Å². The zero-order valence-electron chi connectivity index (χ0n) is 9.03. The zero-order chi connectivity index (χ0) is 9.84. The van der Waals surface area contributed by atoms with Gasteiger partial charge in [-0.05, 0) is 24.8 Å². The van der Waals surface area contributed by atoms with Crippen LogP contribution >= 0.6 is 0 Å². The molecule has 0 saturated carbocycles. The number of β-amino-alcohol motifs (C(OH)–C–C–N with tert-alkyl or cyclic N) is 1. The van der Waals surface area contributed by atoms with Crippen LogP contribution in [0.3, 0.4) is 0 Å². The monoisotopic (exact) mass is 182 g/mol. The zero-order valence-corrected chi connectivity index (χ0v) is 9.03. The standard InChI is InChI=1S/C10H21BNO/c1-4-8(2)9-5-6-12(11-3)7-10(9)13/h8-10,13H,4-7H2,1-3H3. The predicted octanol–water partition coefficient (Wildman–Crippen LogP) is 1.38. The maximum Gasteiger partial charge on any atom is 0.205 e. The number of aliphatic hydroxyl groups is 1. The molecule has 1 rings (SSSR count). The highest BCUT2D eigenvalue weighted by atomic mass is 16.3. The summed E-state index contributed by atoms with van der Waals surface area (Å²) in [5, 5.41) is 9.91. The first kappa shape index (κ1) is 11.1. The second-order valence-corrected chi connectivity index (χ2v) is 4.16. The van der Waals surface area contributed by atoms with Crippen LogP contribution in [0.5, 0.6) is 0 Å². The molecular formula is C10H21BNO. The Morgan fingerprint density at radius 1 is 1.62 bits per heavy atom. The highest BCUT2D eigenvalue weighted by Gasteiger charge is 2.29. The van der Waals surface area contributed by atoms with Gasteiger partial charge in [0.05, 0.1) is 6.10 Å². The lowest BCUT2D eigenvalue weighted by molar-refractivity contribution is 0.0245. The van der Waals surface area contributed by atoms with Gasteiger partial charge in [0.2, 0.25) is 7.41 Å². The molecule has 3 atom stereocenters. The van der Waals surface area contributed by atoms with E-state index in [1.165, 1.54) is 6.42 Å². The third-order valence-electron chi connectivity index (χ3n) is 3.41. The Balaban J connectivity index is 2.43. The van der Waals surface area contributed by atoms with E-state index in [2.05, 4.69) is 26.1 Å². The molecule has 1 N–H and O–H groups in total. The molecule has 1 heterocycles. The normalized spacial score (nSPS) is 32.9. The summed E-state index contributed by atoms with van der Waals surface area (Å²) in [5.41, 5.74) is 0. The van der Waals surface area contributed by atoms with E-state index in [4.69, 9.17) is 0 Å². The highest BCUT2D eigenvalue weighted by Crippen LogP contribution is 2.26. The van der Waals surface area contributed by atoms with Crippen LogP contribution in [0.25, 0.3) is 0 Å². The Morgan fingerprint density at radius 3 is 2.77 bits per heavy atom. The number of hydrogen-bond acceptors (Lipinski definition) is 2. The molecule has 0 aromatic carbocycles. The van der Waals surface area contributed by atoms with E-state index in [9.17, 15) is 5.11 Å². The van der Waals surface area contributed by atoms with Gasteiger partial charge in [-0.1, -0.05) is 27.1 Å². The summed E-state index contributed by atoms with van der Waals surface area (Å²) in [4.78, 5) is 2.21. The van der Waals surface area contributed by atoms with E-state index < -0.39 is 0 Å². The Bertz CT molecular complexity index is 154. The maximum absolute atomic E-state index is 9.91. The van der Waals surface area contributed by atoms with E-state index in [-0.39, 0.29) is 6.10 Å². The van der Waals surface area contributed by atoms with Gasteiger partial charge < -0.3 is 9.92 Å². The van der Waals surface area contributed by atoms with E-state index in [1.807, 2.05) is 6.82 Å². The van der Waals surface area contributed by atoms with Gasteiger partial charge in [0.15, 0.2) is 0 Å². The summed E-state index contributed by atoms with van der Waals surface area (Å²) in [7, 11) is 2.08. The minimum absolute atomic E-state index is 0.125.